The van der Waals surface area contributed by atoms with Crippen molar-refractivity contribution in [2.75, 3.05) is 6.54 Å². The smallest absolute Gasteiger partial charge is 0.230 e. The molecular formula is C24H24N4O. The van der Waals surface area contributed by atoms with E-state index in [1.165, 1.54) is 16.7 Å². The van der Waals surface area contributed by atoms with Crippen LogP contribution in [0.5, 0.6) is 0 Å². The lowest BCUT2D eigenvalue weighted by Gasteiger charge is -2.46. The topological polar surface area (TPSA) is 61.9 Å². The lowest BCUT2D eigenvalue weighted by atomic mass is 9.76. The molecule has 1 aromatic carbocycles. The molecule has 29 heavy (non-hydrogen) atoms. The molecule has 2 heterocycles. The van der Waals surface area contributed by atoms with Crippen LogP contribution in [-0.4, -0.2) is 33.2 Å². The predicted molar refractivity (Wildman–Crippen MR) is 112 cm³/mol. The molecule has 5 heteroatoms. The summed E-state index contributed by atoms with van der Waals surface area (Å²) in [5.41, 5.74) is 5.59. The number of carbonyl (C=O) groups is 1. The van der Waals surface area contributed by atoms with Crippen molar-refractivity contribution in [2.24, 2.45) is 5.92 Å². The minimum atomic E-state index is 0.0274. The molecule has 0 bridgehead atoms. The standard InChI is InChI=1S/C24H24N4O/c1-16-20(15-28-23-8-7-17(13-25)11-19(23)14-26-28)12-21(16)24(29)27-10-9-22(27)18-5-3-2-4-6-18/h2-3,5,7-8,11,14,21-22H,4,6,9-10,12,15H2,1H3. The Bertz CT molecular complexity index is 1130. The number of aromatic nitrogens is 2. The molecule has 2 aromatic rings. The number of nitrogens with zero attached hydrogens (tertiary/aromatic N) is 4. The molecule has 1 amide bonds. The first-order valence-corrected chi connectivity index (χ1v) is 10.4. The predicted octanol–water partition coefficient (Wildman–Crippen LogP) is 4.12. The van der Waals surface area contributed by atoms with Gasteiger partial charge in [-0.2, -0.15) is 10.4 Å². The van der Waals surface area contributed by atoms with Crippen LogP contribution in [0.25, 0.3) is 10.9 Å². The van der Waals surface area contributed by atoms with Crippen molar-refractivity contribution < 1.29 is 4.79 Å². The van der Waals surface area contributed by atoms with Crippen LogP contribution in [0.1, 0.15) is 38.2 Å². The molecule has 0 spiro atoms. The minimum absolute atomic E-state index is 0.0274. The zero-order chi connectivity index (χ0) is 20.0. The minimum Gasteiger partial charge on any atom is -0.335 e. The lowest BCUT2D eigenvalue weighted by molar-refractivity contribution is -0.141. The van der Waals surface area contributed by atoms with E-state index in [0.717, 1.165) is 43.1 Å². The van der Waals surface area contributed by atoms with E-state index in [-0.39, 0.29) is 5.92 Å². The molecule has 1 aliphatic heterocycles. The fourth-order valence-electron chi connectivity index (χ4n) is 4.74. The highest BCUT2D eigenvalue weighted by molar-refractivity contribution is 5.85. The van der Waals surface area contributed by atoms with Crippen molar-refractivity contribution in [3.05, 3.63) is 64.9 Å². The molecule has 2 aliphatic carbocycles. The summed E-state index contributed by atoms with van der Waals surface area (Å²) in [6, 6.07) is 8.13. The highest BCUT2D eigenvalue weighted by atomic mass is 16.2. The Morgan fingerprint density at radius 3 is 2.97 bits per heavy atom. The van der Waals surface area contributed by atoms with Gasteiger partial charge in [-0.25, -0.2) is 0 Å². The average Bonchev–Trinajstić information content (AvgIpc) is 3.12. The van der Waals surface area contributed by atoms with Crippen molar-refractivity contribution in [1.29, 1.82) is 5.26 Å². The number of amides is 1. The summed E-state index contributed by atoms with van der Waals surface area (Å²) in [5.74, 6) is 0.321. The summed E-state index contributed by atoms with van der Waals surface area (Å²) in [4.78, 5) is 15.2. The second-order valence-corrected chi connectivity index (χ2v) is 8.28. The highest BCUT2D eigenvalue weighted by Crippen LogP contribution is 2.40. The maximum Gasteiger partial charge on any atom is 0.230 e. The lowest BCUT2D eigenvalue weighted by Crippen LogP contribution is -2.55. The van der Waals surface area contributed by atoms with Crippen LogP contribution in [0.15, 0.2) is 59.3 Å². The largest absolute Gasteiger partial charge is 0.335 e. The van der Waals surface area contributed by atoms with E-state index in [1.54, 1.807) is 0 Å². The van der Waals surface area contributed by atoms with E-state index < -0.39 is 0 Å². The fraction of sp³-hybridized carbons (Fsp3) is 0.375. The van der Waals surface area contributed by atoms with Crippen LogP contribution in [0.3, 0.4) is 0 Å². The molecule has 1 aromatic heterocycles. The van der Waals surface area contributed by atoms with E-state index in [2.05, 4.69) is 41.2 Å². The Morgan fingerprint density at radius 2 is 2.28 bits per heavy atom. The van der Waals surface area contributed by atoms with E-state index in [1.807, 2.05) is 29.1 Å². The van der Waals surface area contributed by atoms with Crippen LogP contribution in [0.4, 0.5) is 0 Å². The first-order chi connectivity index (χ1) is 14.2. The summed E-state index contributed by atoms with van der Waals surface area (Å²) in [7, 11) is 0. The van der Waals surface area contributed by atoms with Crippen molar-refractivity contribution >= 4 is 16.8 Å². The molecule has 5 rings (SSSR count). The number of nitriles is 1. The molecule has 2 unspecified atom stereocenters. The van der Waals surface area contributed by atoms with Crippen LogP contribution in [0.2, 0.25) is 0 Å². The van der Waals surface area contributed by atoms with Gasteiger partial charge in [0.2, 0.25) is 5.91 Å². The Kier molecular flexibility index (Phi) is 4.35. The molecule has 0 saturated carbocycles. The maximum absolute atomic E-state index is 13.1. The van der Waals surface area contributed by atoms with Gasteiger partial charge in [0.1, 0.15) is 0 Å². The molecule has 0 N–H and O–H groups in total. The second-order valence-electron chi connectivity index (χ2n) is 8.28. The van der Waals surface area contributed by atoms with Crippen molar-refractivity contribution in [2.45, 2.75) is 45.2 Å². The zero-order valence-corrected chi connectivity index (χ0v) is 16.6. The van der Waals surface area contributed by atoms with E-state index >= 15 is 0 Å². The SMILES string of the molecule is CC1=C(Cn2ncc3cc(C#N)ccc32)CC1C(=O)N1CCC1C1=CC=CCC1. The number of benzene rings is 1. The Labute approximate surface area is 170 Å². The van der Waals surface area contributed by atoms with E-state index in [0.29, 0.717) is 24.1 Å². The summed E-state index contributed by atoms with van der Waals surface area (Å²) < 4.78 is 1.97. The van der Waals surface area contributed by atoms with Gasteiger partial charge < -0.3 is 4.90 Å². The number of rotatable bonds is 4. The van der Waals surface area contributed by atoms with Crippen LogP contribution >= 0.6 is 0 Å². The normalized spacial score (nSPS) is 23.4. The van der Waals surface area contributed by atoms with Crippen molar-refractivity contribution in [1.82, 2.24) is 14.7 Å². The van der Waals surface area contributed by atoms with E-state index in [9.17, 15) is 4.79 Å². The number of hydrogen-bond donors (Lipinski definition) is 0. The molecule has 1 fully saturated rings. The van der Waals surface area contributed by atoms with Crippen LogP contribution in [0, 0.1) is 17.2 Å². The maximum atomic E-state index is 13.1. The first kappa shape index (κ1) is 17.9. The van der Waals surface area contributed by atoms with Gasteiger partial charge in [0.25, 0.3) is 0 Å². The molecule has 2 atom stereocenters. The number of hydrogen-bond acceptors (Lipinski definition) is 3. The number of carbonyl (C=O) groups excluding carboxylic acids is 1. The molecular weight excluding hydrogens is 360 g/mol. The molecule has 1 saturated heterocycles. The third-order valence-electron chi connectivity index (χ3n) is 6.72. The molecule has 0 radical (unpaired) electrons. The fourth-order valence-corrected chi connectivity index (χ4v) is 4.74. The number of allylic oxidation sites excluding steroid dienone is 4. The summed E-state index contributed by atoms with van der Waals surface area (Å²) in [6.45, 7) is 3.69. The molecule has 146 valence electrons. The quantitative estimate of drug-likeness (QED) is 0.745. The second kappa shape index (κ2) is 7.04. The van der Waals surface area contributed by atoms with Gasteiger partial charge in [-0.1, -0.05) is 23.8 Å². The van der Waals surface area contributed by atoms with Crippen LogP contribution < -0.4 is 0 Å². The first-order valence-electron chi connectivity index (χ1n) is 10.4. The summed E-state index contributed by atoms with van der Waals surface area (Å²) >= 11 is 0. The molecule has 3 aliphatic rings. The van der Waals surface area contributed by atoms with Crippen molar-refractivity contribution in [3.8, 4) is 6.07 Å². The monoisotopic (exact) mass is 384 g/mol. The Hall–Kier alpha value is -3.13. The Morgan fingerprint density at radius 1 is 1.38 bits per heavy atom. The number of likely N-dealkylation sites (tertiary alicyclic amines) is 1. The average molecular weight is 384 g/mol. The van der Waals surface area contributed by atoms with Gasteiger partial charge in [0.15, 0.2) is 0 Å². The van der Waals surface area contributed by atoms with Gasteiger partial charge in [0.05, 0.1) is 41.9 Å². The molecule has 5 nitrogen and oxygen atoms in total. The van der Waals surface area contributed by atoms with Crippen molar-refractivity contribution in [3.63, 3.8) is 0 Å². The van der Waals surface area contributed by atoms with Gasteiger partial charge >= 0.3 is 0 Å². The third kappa shape index (κ3) is 3.00. The summed E-state index contributed by atoms with van der Waals surface area (Å²) in [6.07, 6.45) is 12.4. The van der Waals surface area contributed by atoms with E-state index in [4.69, 9.17) is 5.26 Å². The van der Waals surface area contributed by atoms with Gasteiger partial charge in [-0.15, -0.1) is 0 Å². The Balaban J connectivity index is 1.29. The van der Waals surface area contributed by atoms with Gasteiger partial charge in [0, 0.05) is 11.9 Å². The van der Waals surface area contributed by atoms with Gasteiger partial charge in [-0.05, 0) is 62.0 Å². The number of fused-ring (bicyclic) bond motifs is 1. The third-order valence-corrected chi connectivity index (χ3v) is 6.72. The highest BCUT2D eigenvalue weighted by Gasteiger charge is 2.41. The zero-order valence-electron chi connectivity index (χ0n) is 16.6. The van der Waals surface area contributed by atoms with Gasteiger partial charge in [-0.3, -0.25) is 9.48 Å². The summed E-state index contributed by atoms with van der Waals surface area (Å²) in [5, 5.41) is 14.5. The van der Waals surface area contributed by atoms with Crippen LogP contribution in [-0.2, 0) is 11.3 Å².